The van der Waals surface area contributed by atoms with Crippen LogP contribution >= 0.6 is 0 Å². The highest BCUT2D eigenvalue weighted by Crippen LogP contribution is 2.33. The number of hydrogen-bond acceptors (Lipinski definition) is 6. The zero-order valence-electron chi connectivity index (χ0n) is 16.3. The number of nitrogens with zero attached hydrogens (tertiary/aromatic N) is 2. The lowest BCUT2D eigenvalue weighted by Gasteiger charge is -2.05. The number of benzene rings is 4. The van der Waals surface area contributed by atoms with Gasteiger partial charge in [0.1, 0.15) is 11.4 Å². The Labute approximate surface area is 182 Å². The fraction of sp³-hybridized carbons (Fsp3) is 0. The van der Waals surface area contributed by atoms with Crippen LogP contribution in [0.2, 0.25) is 0 Å². The van der Waals surface area contributed by atoms with Crippen molar-refractivity contribution in [1.29, 1.82) is 0 Å². The van der Waals surface area contributed by atoms with Gasteiger partial charge < -0.3 is 9.99 Å². The summed E-state index contributed by atoms with van der Waals surface area (Å²) in [5.74, 6) is 0.414. The summed E-state index contributed by atoms with van der Waals surface area (Å²) < 4.78 is 17.0. The van der Waals surface area contributed by atoms with Gasteiger partial charge in [0.25, 0.3) is 0 Å². The smallest absolute Gasteiger partial charge is 0.232 e. The summed E-state index contributed by atoms with van der Waals surface area (Å²) in [4.78, 5) is 5.62. The summed E-state index contributed by atoms with van der Waals surface area (Å²) in [7, 11) is 0. The molecule has 0 bridgehead atoms. The van der Waals surface area contributed by atoms with E-state index in [2.05, 4.69) is 10.2 Å². The highest BCUT2D eigenvalue weighted by molar-refractivity contribution is 7.80. The Morgan fingerprint density at radius 3 is 2.10 bits per heavy atom. The molecule has 0 aliphatic heterocycles. The van der Waals surface area contributed by atoms with Crippen molar-refractivity contribution in [3.05, 3.63) is 103 Å². The van der Waals surface area contributed by atoms with Crippen molar-refractivity contribution in [3.63, 3.8) is 0 Å². The maximum absolute atomic E-state index is 12.0. The van der Waals surface area contributed by atoms with Crippen molar-refractivity contribution in [3.8, 4) is 22.6 Å². The molecular formula is C24H18N2O4S. The largest absolute Gasteiger partial charge is 0.506 e. The lowest BCUT2D eigenvalue weighted by Crippen LogP contribution is -2.01. The molecular weight excluding hydrogens is 412 g/mol. The highest BCUT2D eigenvalue weighted by atomic mass is 32.2. The van der Waals surface area contributed by atoms with Gasteiger partial charge in [0.15, 0.2) is 5.75 Å². The molecule has 7 heteroatoms. The average Bonchev–Trinajstić information content (AvgIpc) is 2.84. The zero-order valence-corrected chi connectivity index (χ0v) is 17.1. The molecule has 1 N–H and O–H groups in total. The first-order chi connectivity index (χ1) is 15.2. The zero-order chi connectivity index (χ0) is 21.5. The molecule has 0 saturated heterocycles. The standard InChI is InChI=1S/C24H18N2O4S/c27-24-16-11-19(18-7-3-1-4-8-18)17-23(24)26-25-20-12-14-21(15-13-20)29-30-31(28)22-9-5-2-6-10-22/h1-17,27H. The van der Waals surface area contributed by atoms with E-state index in [1.54, 1.807) is 60.7 Å². The number of rotatable bonds is 7. The number of hydrogen-bond donors (Lipinski definition) is 1. The quantitative estimate of drug-likeness (QED) is 0.206. The summed E-state index contributed by atoms with van der Waals surface area (Å²) in [6.07, 6.45) is 0. The first-order valence-electron chi connectivity index (χ1n) is 9.41. The molecule has 0 aromatic heterocycles. The summed E-state index contributed by atoms with van der Waals surface area (Å²) in [6, 6.07) is 30.3. The molecule has 0 saturated carbocycles. The Kier molecular flexibility index (Phi) is 6.47. The van der Waals surface area contributed by atoms with Crippen LogP contribution in [0.4, 0.5) is 11.4 Å². The SMILES string of the molecule is O=S(OOc1ccc(N=Nc2cc(-c3ccccc3)ccc2O)cc1)c1ccccc1. The number of azo groups is 1. The van der Waals surface area contributed by atoms with Crippen LogP contribution in [-0.2, 0) is 15.4 Å². The first-order valence-corrected chi connectivity index (χ1v) is 10.5. The predicted molar refractivity (Wildman–Crippen MR) is 119 cm³/mol. The second-order valence-electron chi connectivity index (χ2n) is 6.46. The molecule has 0 aliphatic rings. The monoisotopic (exact) mass is 430 g/mol. The molecule has 4 aromatic rings. The minimum Gasteiger partial charge on any atom is -0.506 e. The van der Waals surface area contributed by atoms with E-state index in [4.69, 9.17) is 9.22 Å². The molecule has 31 heavy (non-hydrogen) atoms. The van der Waals surface area contributed by atoms with Crippen LogP contribution < -0.4 is 4.89 Å². The van der Waals surface area contributed by atoms with Crippen molar-refractivity contribution >= 4 is 22.5 Å². The molecule has 1 atom stereocenters. The molecule has 0 heterocycles. The van der Waals surface area contributed by atoms with Gasteiger partial charge in [-0.3, -0.25) is 0 Å². The fourth-order valence-electron chi connectivity index (χ4n) is 2.73. The van der Waals surface area contributed by atoms with Gasteiger partial charge in [-0.1, -0.05) is 58.9 Å². The molecule has 4 aromatic carbocycles. The van der Waals surface area contributed by atoms with Crippen LogP contribution in [0.1, 0.15) is 0 Å². The van der Waals surface area contributed by atoms with E-state index in [1.165, 1.54) is 0 Å². The molecule has 154 valence electrons. The third-order valence-electron chi connectivity index (χ3n) is 4.32. The maximum Gasteiger partial charge on any atom is 0.232 e. The van der Waals surface area contributed by atoms with E-state index in [1.807, 2.05) is 42.5 Å². The maximum atomic E-state index is 12.0. The average molecular weight is 430 g/mol. The van der Waals surface area contributed by atoms with Gasteiger partial charge in [0, 0.05) is 0 Å². The summed E-state index contributed by atoms with van der Waals surface area (Å²) in [5.41, 5.74) is 2.87. The Hall–Kier alpha value is -3.81. The van der Waals surface area contributed by atoms with Crippen molar-refractivity contribution in [2.45, 2.75) is 4.90 Å². The predicted octanol–water partition coefficient (Wildman–Crippen LogP) is 6.51. The third-order valence-corrected chi connectivity index (χ3v) is 5.17. The van der Waals surface area contributed by atoms with Crippen molar-refractivity contribution in [1.82, 2.24) is 0 Å². The molecule has 6 nitrogen and oxygen atoms in total. The molecule has 0 radical (unpaired) electrons. The van der Waals surface area contributed by atoms with Gasteiger partial charge >= 0.3 is 0 Å². The van der Waals surface area contributed by atoms with Gasteiger partial charge in [0.2, 0.25) is 11.1 Å². The van der Waals surface area contributed by atoms with E-state index >= 15 is 0 Å². The molecule has 0 fully saturated rings. The van der Waals surface area contributed by atoms with E-state index in [9.17, 15) is 9.32 Å². The van der Waals surface area contributed by atoms with Gasteiger partial charge in [0.05, 0.1) is 10.6 Å². The lowest BCUT2D eigenvalue weighted by atomic mass is 10.1. The van der Waals surface area contributed by atoms with E-state index in [0.717, 1.165) is 11.1 Å². The van der Waals surface area contributed by atoms with E-state index < -0.39 is 11.1 Å². The molecule has 1 unspecified atom stereocenters. The van der Waals surface area contributed by atoms with Crippen LogP contribution in [-0.4, -0.2) is 9.32 Å². The highest BCUT2D eigenvalue weighted by Gasteiger charge is 2.07. The molecule has 0 spiro atoms. The molecule has 4 rings (SSSR count). The number of phenolic OH excluding ortho intramolecular Hbond substituents is 1. The topological polar surface area (TPSA) is 80.5 Å². The second-order valence-corrected chi connectivity index (χ2v) is 7.54. The van der Waals surface area contributed by atoms with Crippen molar-refractivity contribution < 1.29 is 18.5 Å². The molecule has 0 amide bonds. The van der Waals surface area contributed by atoms with Gasteiger partial charge in [-0.15, -0.1) is 5.11 Å². The molecule has 0 aliphatic carbocycles. The third kappa shape index (κ3) is 5.42. The lowest BCUT2D eigenvalue weighted by molar-refractivity contribution is -0.0856. The Morgan fingerprint density at radius 1 is 0.710 bits per heavy atom. The minimum atomic E-state index is -1.73. The Morgan fingerprint density at radius 2 is 1.39 bits per heavy atom. The minimum absolute atomic E-state index is 0.0418. The van der Waals surface area contributed by atoms with Crippen molar-refractivity contribution in [2.75, 3.05) is 0 Å². The number of phenols is 1. The second kappa shape index (κ2) is 9.80. The summed E-state index contributed by atoms with van der Waals surface area (Å²) in [5, 5.41) is 18.4. The summed E-state index contributed by atoms with van der Waals surface area (Å²) >= 11 is -1.73. The van der Waals surface area contributed by atoms with Crippen LogP contribution in [0, 0.1) is 0 Å². The van der Waals surface area contributed by atoms with E-state index in [0.29, 0.717) is 22.0 Å². The van der Waals surface area contributed by atoms with Crippen LogP contribution in [0.3, 0.4) is 0 Å². The van der Waals surface area contributed by atoms with Gasteiger partial charge in [-0.2, -0.15) is 5.11 Å². The normalized spacial score (nSPS) is 12.0. The fourth-order valence-corrected chi connectivity index (χ4v) is 3.33. The van der Waals surface area contributed by atoms with Crippen molar-refractivity contribution in [2.24, 2.45) is 10.2 Å². The Bertz CT molecular complexity index is 1200. The Balaban J connectivity index is 1.41. The van der Waals surface area contributed by atoms with Crippen LogP contribution in [0.15, 0.2) is 118 Å². The van der Waals surface area contributed by atoms with Crippen LogP contribution in [0.5, 0.6) is 11.5 Å². The van der Waals surface area contributed by atoms with E-state index in [-0.39, 0.29) is 5.75 Å². The summed E-state index contributed by atoms with van der Waals surface area (Å²) in [6.45, 7) is 0. The van der Waals surface area contributed by atoms with Crippen LogP contribution in [0.25, 0.3) is 11.1 Å². The van der Waals surface area contributed by atoms with Gasteiger partial charge in [-0.25, -0.2) is 4.21 Å². The first kappa shape index (κ1) is 20.5. The number of aromatic hydroxyl groups is 1. The van der Waals surface area contributed by atoms with Gasteiger partial charge in [-0.05, 0) is 59.7 Å².